The molecule has 0 bridgehead atoms. The predicted octanol–water partition coefficient (Wildman–Crippen LogP) is 3.05. The molecule has 0 spiro atoms. The minimum atomic E-state index is 0.130. The molecule has 2 rings (SSSR count). The van der Waals surface area contributed by atoms with E-state index in [1.807, 2.05) is 24.3 Å². The van der Waals surface area contributed by atoms with Gasteiger partial charge in [0.05, 0.1) is 6.61 Å². The molecule has 116 valence electrons. The Bertz CT molecular complexity index is 437. The SMILES string of the molecule is CC(C)CCOc1ccc(NC(=O)C2CCNCC2)cc1. The molecule has 0 radical (unpaired) electrons. The molecule has 1 aliphatic rings. The number of anilines is 1. The number of carbonyl (C=O) groups excluding carboxylic acids is 1. The van der Waals surface area contributed by atoms with E-state index in [0.717, 1.165) is 50.4 Å². The average Bonchev–Trinajstić information content (AvgIpc) is 2.49. The van der Waals surface area contributed by atoms with Crippen LogP contribution in [0.2, 0.25) is 0 Å². The van der Waals surface area contributed by atoms with Crippen molar-refractivity contribution >= 4 is 11.6 Å². The monoisotopic (exact) mass is 290 g/mol. The van der Waals surface area contributed by atoms with Crippen LogP contribution in [-0.2, 0) is 4.79 Å². The Morgan fingerprint density at radius 3 is 2.57 bits per heavy atom. The first-order valence-electron chi connectivity index (χ1n) is 7.89. The molecule has 4 nitrogen and oxygen atoms in total. The Hall–Kier alpha value is -1.55. The fraction of sp³-hybridized carbons (Fsp3) is 0.588. The summed E-state index contributed by atoms with van der Waals surface area (Å²) in [6.07, 6.45) is 2.89. The van der Waals surface area contributed by atoms with Crippen LogP contribution in [0.15, 0.2) is 24.3 Å². The van der Waals surface area contributed by atoms with Crippen LogP contribution in [0, 0.1) is 11.8 Å². The topological polar surface area (TPSA) is 50.4 Å². The number of hydrogen-bond donors (Lipinski definition) is 2. The van der Waals surface area contributed by atoms with Crippen molar-refractivity contribution in [3.63, 3.8) is 0 Å². The van der Waals surface area contributed by atoms with E-state index in [-0.39, 0.29) is 11.8 Å². The summed E-state index contributed by atoms with van der Waals surface area (Å²) in [5.74, 6) is 1.77. The van der Waals surface area contributed by atoms with Gasteiger partial charge in [-0.1, -0.05) is 13.8 Å². The molecule has 1 aromatic rings. The lowest BCUT2D eigenvalue weighted by Crippen LogP contribution is -2.34. The van der Waals surface area contributed by atoms with E-state index in [9.17, 15) is 4.79 Å². The van der Waals surface area contributed by atoms with E-state index in [2.05, 4.69) is 24.5 Å². The van der Waals surface area contributed by atoms with Crippen LogP contribution in [0.1, 0.15) is 33.1 Å². The van der Waals surface area contributed by atoms with Crippen molar-refractivity contribution in [1.29, 1.82) is 0 Å². The second kappa shape index (κ2) is 8.03. The van der Waals surface area contributed by atoms with Gasteiger partial charge >= 0.3 is 0 Å². The smallest absolute Gasteiger partial charge is 0.227 e. The van der Waals surface area contributed by atoms with Gasteiger partial charge in [-0.05, 0) is 62.5 Å². The van der Waals surface area contributed by atoms with Gasteiger partial charge in [0, 0.05) is 11.6 Å². The Kier molecular flexibility index (Phi) is 6.05. The first kappa shape index (κ1) is 15.8. The molecule has 1 saturated heterocycles. The van der Waals surface area contributed by atoms with Gasteiger partial charge in [-0.3, -0.25) is 4.79 Å². The van der Waals surface area contributed by atoms with Gasteiger partial charge in [-0.25, -0.2) is 0 Å². The quantitative estimate of drug-likeness (QED) is 0.846. The maximum absolute atomic E-state index is 12.1. The van der Waals surface area contributed by atoms with E-state index < -0.39 is 0 Å². The van der Waals surface area contributed by atoms with Gasteiger partial charge in [0.15, 0.2) is 0 Å². The highest BCUT2D eigenvalue weighted by atomic mass is 16.5. The Labute approximate surface area is 127 Å². The molecule has 21 heavy (non-hydrogen) atoms. The molecule has 1 heterocycles. The van der Waals surface area contributed by atoms with Crippen LogP contribution >= 0.6 is 0 Å². The van der Waals surface area contributed by atoms with E-state index in [4.69, 9.17) is 4.74 Å². The van der Waals surface area contributed by atoms with Crippen LogP contribution in [0.4, 0.5) is 5.69 Å². The maximum atomic E-state index is 12.1. The highest BCUT2D eigenvalue weighted by Gasteiger charge is 2.20. The molecule has 1 fully saturated rings. The molecule has 0 atom stereocenters. The zero-order valence-electron chi connectivity index (χ0n) is 13.0. The minimum absolute atomic E-state index is 0.130. The molecule has 2 N–H and O–H groups in total. The molecular weight excluding hydrogens is 264 g/mol. The largest absolute Gasteiger partial charge is 0.494 e. The van der Waals surface area contributed by atoms with Gasteiger partial charge in [0.2, 0.25) is 5.91 Å². The second-order valence-corrected chi connectivity index (χ2v) is 6.07. The zero-order valence-corrected chi connectivity index (χ0v) is 13.0. The van der Waals surface area contributed by atoms with Gasteiger partial charge in [-0.2, -0.15) is 0 Å². The highest BCUT2D eigenvalue weighted by Crippen LogP contribution is 2.19. The summed E-state index contributed by atoms with van der Waals surface area (Å²) < 4.78 is 5.67. The van der Waals surface area contributed by atoms with Crippen LogP contribution in [0.25, 0.3) is 0 Å². The van der Waals surface area contributed by atoms with E-state index in [0.29, 0.717) is 5.92 Å². The summed E-state index contributed by atoms with van der Waals surface area (Å²) in [5.41, 5.74) is 0.842. The number of ether oxygens (including phenoxy) is 1. The van der Waals surface area contributed by atoms with Gasteiger partial charge < -0.3 is 15.4 Å². The summed E-state index contributed by atoms with van der Waals surface area (Å²) in [6, 6.07) is 7.64. The number of nitrogens with one attached hydrogen (secondary N) is 2. The Morgan fingerprint density at radius 1 is 1.29 bits per heavy atom. The van der Waals surface area contributed by atoms with Crippen molar-refractivity contribution in [2.75, 3.05) is 25.0 Å². The van der Waals surface area contributed by atoms with Gasteiger partial charge in [-0.15, -0.1) is 0 Å². The summed E-state index contributed by atoms with van der Waals surface area (Å²) in [5, 5.41) is 6.26. The molecular formula is C17H26N2O2. The highest BCUT2D eigenvalue weighted by molar-refractivity contribution is 5.92. The van der Waals surface area contributed by atoms with E-state index in [1.54, 1.807) is 0 Å². The lowest BCUT2D eigenvalue weighted by atomic mass is 9.97. The van der Waals surface area contributed by atoms with Crippen molar-refractivity contribution in [2.24, 2.45) is 11.8 Å². The normalized spacial score (nSPS) is 16.0. The van der Waals surface area contributed by atoms with Crippen molar-refractivity contribution in [3.8, 4) is 5.75 Å². The summed E-state index contributed by atoms with van der Waals surface area (Å²) in [4.78, 5) is 12.1. The third kappa shape index (κ3) is 5.38. The van der Waals surface area contributed by atoms with Gasteiger partial charge in [0.1, 0.15) is 5.75 Å². The van der Waals surface area contributed by atoms with E-state index in [1.165, 1.54) is 0 Å². The second-order valence-electron chi connectivity index (χ2n) is 6.07. The summed E-state index contributed by atoms with van der Waals surface area (Å²) in [6.45, 7) is 6.96. The molecule has 1 aromatic carbocycles. The number of piperidine rings is 1. The van der Waals surface area contributed by atoms with Crippen LogP contribution in [-0.4, -0.2) is 25.6 Å². The average molecular weight is 290 g/mol. The minimum Gasteiger partial charge on any atom is -0.494 e. The maximum Gasteiger partial charge on any atom is 0.227 e. The first-order valence-corrected chi connectivity index (χ1v) is 7.89. The Morgan fingerprint density at radius 2 is 1.95 bits per heavy atom. The molecule has 4 heteroatoms. The number of amides is 1. The molecule has 0 aliphatic carbocycles. The Balaban J connectivity index is 1.80. The van der Waals surface area contributed by atoms with Crippen LogP contribution in [0.3, 0.4) is 0 Å². The fourth-order valence-electron chi connectivity index (χ4n) is 2.38. The third-order valence-corrected chi connectivity index (χ3v) is 3.80. The molecule has 0 saturated carbocycles. The van der Waals surface area contributed by atoms with Crippen molar-refractivity contribution in [2.45, 2.75) is 33.1 Å². The van der Waals surface area contributed by atoms with Crippen molar-refractivity contribution in [3.05, 3.63) is 24.3 Å². The molecule has 1 amide bonds. The predicted molar refractivity (Wildman–Crippen MR) is 85.6 cm³/mol. The number of rotatable bonds is 6. The van der Waals surface area contributed by atoms with Gasteiger partial charge in [0.25, 0.3) is 0 Å². The summed E-state index contributed by atoms with van der Waals surface area (Å²) in [7, 11) is 0. The standard InChI is InChI=1S/C17H26N2O2/c1-13(2)9-12-21-16-5-3-15(4-6-16)19-17(20)14-7-10-18-11-8-14/h3-6,13-14,18H,7-12H2,1-2H3,(H,19,20). The van der Waals surface area contributed by atoms with E-state index >= 15 is 0 Å². The number of benzene rings is 1. The third-order valence-electron chi connectivity index (χ3n) is 3.80. The van der Waals surface area contributed by atoms with Crippen molar-refractivity contribution < 1.29 is 9.53 Å². The number of hydrogen-bond acceptors (Lipinski definition) is 3. The lowest BCUT2D eigenvalue weighted by Gasteiger charge is -2.21. The zero-order chi connectivity index (χ0) is 15.1. The van der Waals surface area contributed by atoms with Crippen LogP contribution < -0.4 is 15.4 Å². The van der Waals surface area contributed by atoms with Crippen LogP contribution in [0.5, 0.6) is 5.75 Å². The molecule has 1 aliphatic heterocycles. The number of carbonyl (C=O) groups is 1. The van der Waals surface area contributed by atoms with Crippen molar-refractivity contribution in [1.82, 2.24) is 5.32 Å². The first-order chi connectivity index (χ1) is 10.1. The molecule has 0 aromatic heterocycles. The molecule has 0 unspecified atom stereocenters. The lowest BCUT2D eigenvalue weighted by molar-refractivity contribution is -0.120. The summed E-state index contributed by atoms with van der Waals surface area (Å²) >= 11 is 0. The fourth-order valence-corrected chi connectivity index (χ4v) is 2.38.